The SMILES string of the molecule is O=C(CSc1nncn1C1CC1)N1CCCCCC1. The smallest absolute Gasteiger partial charge is 0.233 e. The molecule has 0 spiro atoms. The maximum absolute atomic E-state index is 12.2. The van der Waals surface area contributed by atoms with Crippen molar-refractivity contribution in [3.63, 3.8) is 0 Å². The minimum atomic E-state index is 0.247. The fraction of sp³-hybridized carbons (Fsp3) is 0.769. The van der Waals surface area contributed by atoms with Gasteiger partial charge >= 0.3 is 0 Å². The summed E-state index contributed by atoms with van der Waals surface area (Å²) in [5.41, 5.74) is 0. The molecule has 1 amide bonds. The van der Waals surface area contributed by atoms with E-state index in [1.165, 1.54) is 37.4 Å². The quantitative estimate of drug-likeness (QED) is 0.793. The van der Waals surface area contributed by atoms with Crippen molar-refractivity contribution in [1.82, 2.24) is 19.7 Å². The summed E-state index contributed by atoms with van der Waals surface area (Å²) < 4.78 is 2.11. The minimum absolute atomic E-state index is 0.247. The van der Waals surface area contributed by atoms with Crippen molar-refractivity contribution in [2.24, 2.45) is 0 Å². The molecule has 1 aromatic heterocycles. The Hall–Kier alpha value is -1.04. The Balaban J connectivity index is 1.53. The molecule has 1 aliphatic carbocycles. The van der Waals surface area contributed by atoms with Gasteiger partial charge < -0.3 is 9.47 Å². The highest BCUT2D eigenvalue weighted by Crippen LogP contribution is 2.37. The summed E-state index contributed by atoms with van der Waals surface area (Å²) >= 11 is 1.53. The third kappa shape index (κ3) is 3.29. The number of thioether (sulfide) groups is 1. The Labute approximate surface area is 117 Å². The molecule has 6 heteroatoms. The van der Waals surface area contributed by atoms with E-state index in [2.05, 4.69) is 14.8 Å². The molecule has 1 aromatic rings. The van der Waals surface area contributed by atoms with Crippen molar-refractivity contribution in [2.75, 3.05) is 18.8 Å². The van der Waals surface area contributed by atoms with Crippen molar-refractivity contribution in [1.29, 1.82) is 0 Å². The highest BCUT2D eigenvalue weighted by molar-refractivity contribution is 7.99. The number of rotatable bonds is 4. The lowest BCUT2D eigenvalue weighted by Gasteiger charge is -2.19. The molecule has 19 heavy (non-hydrogen) atoms. The van der Waals surface area contributed by atoms with E-state index in [0.717, 1.165) is 31.1 Å². The fourth-order valence-electron chi connectivity index (χ4n) is 2.48. The summed E-state index contributed by atoms with van der Waals surface area (Å²) in [6.07, 6.45) is 9.02. The summed E-state index contributed by atoms with van der Waals surface area (Å²) in [7, 11) is 0. The third-order valence-corrected chi connectivity index (χ3v) is 4.71. The van der Waals surface area contributed by atoms with E-state index in [9.17, 15) is 4.79 Å². The summed E-state index contributed by atoms with van der Waals surface area (Å²) in [5, 5.41) is 8.97. The highest BCUT2D eigenvalue weighted by Gasteiger charge is 2.26. The number of hydrogen-bond acceptors (Lipinski definition) is 4. The number of likely N-dealkylation sites (tertiary alicyclic amines) is 1. The van der Waals surface area contributed by atoms with Crippen molar-refractivity contribution in [2.45, 2.75) is 49.7 Å². The molecule has 104 valence electrons. The van der Waals surface area contributed by atoms with Gasteiger partial charge in [-0.2, -0.15) is 0 Å². The van der Waals surface area contributed by atoms with Gasteiger partial charge in [0.05, 0.1) is 5.75 Å². The van der Waals surface area contributed by atoms with E-state index < -0.39 is 0 Å². The zero-order valence-electron chi connectivity index (χ0n) is 11.1. The second-order valence-corrected chi connectivity index (χ2v) is 6.28. The number of carbonyl (C=O) groups is 1. The topological polar surface area (TPSA) is 51.0 Å². The van der Waals surface area contributed by atoms with Crippen molar-refractivity contribution in [3.05, 3.63) is 6.33 Å². The van der Waals surface area contributed by atoms with Gasteiger partial charge in [-0.05, 0) is 25.7 Å². The lowest BCUT2D eigenvalue weighted by Crippen LogP contribution is -2.33. The van der Waals surface area contributed by atoms with Gasteiger partial charge in [-0.15, -0.1) is 10.2 Å². The van der Waals surface area contributed by atoms with Gasteiger partial charge in [0.2, 0.25) is 5.91 Å². The van der Waals surface area contributed by atoms with Gasteiger partial charge in [0, 0.05) is 19.1 Å². The molecule has 2 aliphatic rings. The van der Waals surface area contributed by atoms with Crippen LogP contribution in [0.5, 0.6) is 0 Å². The van der Waals surface area contributed by atoms with Crippen LogP contribution in [0.2, 0.25) is 0 Å². The molecule has 3 rings (SSSR count). The Morgan fingerprint density at radius 3 is 2.68 bits per heavy atom. The predicted molar refractivity (Wildman–Crippen MR) is 74.1 cm³/mol. The zero-order valence-corrected chi connectivity index (χ0v) is 11.9. The molecule has 5 nitrogen and oxygen atoms in total. The number of aromatic nitrogens is 3. The van der Waals surface area contributed by atoms with Gasteiger partial charge in [-0.1, -0.05) is 24.6 Å². The number of amides is 1. The van der Waals surface area contributed by atoms with Crippen molar-refractivity contribution in [3.8, 4) is 0 Å². The van der Waals surface area contributed by atoms with Crippen LogP contribution in [0, 0.1) is 0 Å². The number of hydrogen-bond donors (Lipinski definition) is 0. The Kier molecular flexibility index (Phi) is 4.06. The average Bonchev–Trinajstić information content (AvgIpc) is 3.21. The zero-order chi connectivity index (χ0) is 13.1. The van der Waals surface area contributed by atoms with Crippen LogP contribution in [0.25, 0.3) is 0 Å². The van der Waals surface area contributed by atoms with Crippen LogP contribution in [-0.2, 0) is 4.79 Å². The van der Waals surface area contributed by atoms with Crippen LogP contribution in [0.3, 0.4) is 0 Å². The molecule has 1 aliphatic heterocycles. The highest BCUT2D eigenvalue weighted by atomic mass is 32.2. The van der Waals surface area contributed by atoms with Gasteiger partial charge in [0.25, 0.3) is 0 Å². The largest absolute Gasteiger partial charge is 0.342 e. The summed E-state index contributed by atoms with van der Waals surface area (Å²) in [5.74, 6) is 0.739. The summed E-state index contributed by atoms with van der Waals surface area (Å²) in [6.45, 7) is 1.85. The van der Waals surface area contributed by atoms with Crippen LogP contribution in [-0.4, -0.2) is 44.4 Å². The molecule has 1 saturated heterocycles. The number of nitrogens with zero attached hydrogens (tertiary/aromatic N) is 4. The van der Waals surface area contributed by atoms with E-state index >= 15 is 0 Å². The van der Waals surface area contributed by atoms with E-state index in [4.69, 9.17) is 0 Å². The Morgan fingerprint density at radius 2 is 2.00 bits per heavy atom. The van der Waals surface area contributed by atoms with Crippen LogP contribution in [0.15, 0.2) is 11.5 Å². The molecular formula is C13H20N4OS. The molecule has 0 radical (unpaired) electrons. The second-order valence-electron chi connectivity index (χ2n) is 5.34. The number of carbonyl (C=O) groups excluding carboxylic acids is 1. The molecule has 0 unspecified atom stereocenters. The van der Waals surface area contributed by atoms with Crippen LogP contribution < -0.4 is 0 Å². The first kappa shape index (κ1) is 13.0. The van der Waals surface area contributed by atoms with Gasteiger partial charge in [0.15, 0.2) is 5.16 Å². The lowest BCUT2D eigenvalue weighted by atomic mass is 10.2. The minimum Gasteiger partial charge on any atom is -0.342 e. The third-order valence-electron chi connectivity index (χ3n) is 3.76. The maximum atomic E-state index is 12.2. The van der Waals surface area contributed by atoms with Crippen LogP contribution in [0.1, 0.15) is 44.6 Å². The van der Waals surface area contributed by atoms with E-state index in [1.54, 1.807) is 6.33 Å². The molecule has 2 heterocycles. The molecule has 0 bridgehead atoms. The lowest BCUT2D eigenvalue weighted by molar-refractivity contribution is -0.128. The van der Waals surface area contributed by atoms with Crippen molar-refractivity contribution >= 4 is 17.7 Å². The summed E-state index contributed by atoms with van der Waals surface area (Å²) in [4.78, 5) is 14.2. The fourth-order valence-corrected chi connectivity index (χ4v) is 3.36. The first-order valence-electron chi connectivity index (χ1n) is 7.14. The average molecular weight is 280 g/mol. The van der Waals surface area contributed by atoms with Gasteiger partial charge in [-0.25, -0.2) is 0 Å². The summed E-state index contributed by atoms with van der Waals surface area (Å²) in [6, 6.07) is 0.575. The molecule has 0 aromatic carbocycles. The molecule has 1 saturated carbocycles. The van der Waals surface area contributed by atoms with E-state index in [1.807, 2.05) is 4.90 Å². The van der Waals surface area contributed by atoms with Crippen molar-refractivity contribution < 1.29 is 4.79 Å². The van der Waals surface area contributed by atoms with Crippen LogP contribution in [0.4, 0.5) is 0 Å². The molecule has 0 atom stereocenters. The van der Waals surface area contributed by atoms with E-state index in [0.29, 0.717) is 11.8 Å². The predicted octanol–water partition coefficient (Wildman–Crippen LogP) is 2.11. The first-order valence-corrected chi connectivity index (χ1v) is 8.13. The Morgan fingerprint density at radius 1 is 1.26 bits per heavy atom. The maximum Gasteiger partial charge on any atom is 0.233 e. The molecule has 0 N–H and O–H groups in total. The van der Waals surface area contributed by atoms with Gasteiger partial charge in [-0.3, -0.25) is 4.79 Å². The standard InChI is InChI=1S/C13H20N4OS/c18-12(16-7-3-1-2-4-8-16)9-19-13-15-14-10-17(13)11-5-6-11/h10-11H,1-9H2. The first-order chi connectivity index (χ1) is 9.34. The van der Waals surface area contributed by atoms with Gasteiger partial charge in [0.1, 0.15) is 6.33 Å². The molecular weight excluding hydrogens is 260 g/mol. The Bertz CT molecular complexity index is 436. The van der Waals surface area contributed by atoms with Crippen LogP contribution >= 0.6 is 11.8 Å². The monoisotopic (exact) mass is 280 g/mol. The normalized spacial score (nSPS) is 20.3. The second kappa shape index (κ2) is 5.94. The van der Waals surface area contributed by atoms with E-state index in [-0.39, 0.29) is 5.91 Å². The molecule has 2 fully saturated rings.